The van der Waals surface area contributed by atoms with Gasteiger partial charge in [0.05, 0.1) is 0 Å². The molecule has 1 aromatic rings. The average Bonchev–Trinajstić information content (AvgIpc) is 2.29. The summed E-state index contributed by atoms with van der Waals surface area (Å²) in [5.74, 6) is 0. The molecule has 0 atom stereocenters. The molecule has 1 fully saturated rings. The zero-order chi connectivity index (χ0) is 12.5. The van der Waals surface area contributed by atoms with E-state index in [-0.39, 0.29) is 11.1 Å². The maximum atomic E-state index is 6.56. The first-order chi connectivity index (χ1) is 7.92. The summed E-state index contributed by atoms with van der Waals surface area (Å²) in [6, 6.07) is 10.5. The molecular formula is C15H24N2. The molecule has 1 aliphatic heterocycles. The molecular weight excluding hydrogens is 208 g/mol. The number of nitrogens with zero attached hydrogens (tertiary/aromatic N) is 1. The van der Waals surface area contributed by atoms with E-state index in [9.17, 15) is 0 Å². The van der Waals surface area contributed by atoms with E-state index in [1.54, 1.807) is 0 Å². The van der Waals surface area contributed by atoms with Gasteiger partial charge in [0, 0.05) is 24.2 Å². The van der Waals surface area contributed by atoms with E-state index >= 15 is 0 Å². The van der Waals surface area contributed by atoms with Crippen LogP contribution in [0.25, 0.3) is 0 Å². The first kappa shape index (κ1) is 12.6. The number of hydrogen-bond donors (Lipinski definition) is 1. The summed E-state index contributed by atoms with van der Waals surface area (Å²) in [6.45, 7) is 9.01. The summed E-state index contributed by atoms with van der Waals surface area (Å²) >= 11 is 0. The molecule has 2 rings (SSSR count). The lowest BCUT2D eigenvalue weighted by atomic mass is 9.81. The normalized spacial score (nSPS) is 21.4. The van der Waals surface area contributed by atoms with Crippen LogP contribution in [0, 0.1) is 0 Å². The molecule has 1 heterocycles. The van der Waals surface area contributed by atoms with Crippen molar-refractivity contribution in [2.45, 2.75) is 44.7 Å². The van der Waals surface area contributed by atoms with E-state index in [4.69, 9.17) is 5.73 Å². The lowest BCUT2D eigenvalue weighted by molar-refractivity contribution is 0.0758. The minimum absolute atomic E-state index is 0.122. The zero-order valence-corrected chi connectivity index (χ0v) is 11.2. The maximum Gasteiger partial charge on any atom is 0.0434 e. The highest BCUT2D eigenvalue weighted by Crippen LogP contribution is 2.32. The third kappa shape index (κ3) is 2.70. The van der Waals surface area contributed by atoms with E-state index < -0.39 is 0 Å². The Kier molecular flexibility index (Phi) is 3.28. The highest BCUT2D eigenvalue weighted by atomic mass is 15.2. The molecule has 94 valence electrons. The lowest BCUT2D eigenvalue weighted by Gasteiger charge is -2.45. The number of rotatable bonds is 1. The second kappa shape index (κ2) is 4.43. The van der Waals surface area contributed by atoms with Crippen molar-refractivity contribution in [3.05, 3.63) is 35.9 Å². The van der Waals surface area contributed by atoms with Crippen molar-refractivity contribution in [2.24, 2.45) is 5.73 Å². The predicted octanol–water partition coefficient (Wildman–Crippen LogP) is 2.73. The second-order valence-corrected chi connectivity index (χ2v) is 6.18. The fourth-order valence-electron chi connectivity index (χ4n) is 2.64. The molecule has 17 heavy (non-hydrogen) atoms. The van der Waals surface area contributed by atoms with Gasteiger partial charge in [0.2, 0.25) is 0 Å². The summed E-state index contributed by atoms with van der Waals surface area (Å²) < 4.78 is 0. The molecule has 2 nitrogen and oxygen atoms in total. The van der Waals surface area contributed by atoms with Gasteiger partial charge in [-0.25, -0.2) is 0 Å². The highest BCUT2D eigenvalue weighted by Gasteiger charge is 2.35. The van der Waals surface area contributed by atoms with Gasteiger partial charge in [-0.2, -0.15) is 0 Å². The number of benzene rings is 1. The van der Waals surface area contributed by atoms with Crippen LogP contribution in [0.3, 0.4) is 0 Å². The second-order valence-electron chi connectivity index (χ2n) is 6.18. The van der Waals surface area contributed by atoms with Gasteiger partial charge in [0.15, 0.2) is 0 Å². The molecule has 0 aliphatic carbocycles. The van der Waals surface area contributed by atoms with Crippen LogP contribution < -0.4 is 5.73 Å². The van der Waals surface area contributed by atoms with Crippen LogP contribution in [-0.2, 0) is 5.54 Å². The monoisotopic (exact) mass is 232 g/mol. The highest BCUT2D eigenvalue weighted by molar-refractivity contribution is 5.24. The first-order valence-corrected chi connectivity index (χ1v) is 6.51. The van der Waals surface area contributed by atoms with Crippen LogP contribution in [0.4, 0.5) is 0 Å². The zero-order valence-electron chi connectivity index (χ0n) is 11.2. The third-order valence-electron chi connectivity index (χ3n) is 3.95. The van der Waals surface area contributed by atoms with E-state index in [0.717, 1.165) is 25.9 Å². The average molecular weight is 232 g/mol. The summed E-state index contributed by atoms with van der Waals surface area (Å²) in [4.78, 5) is 2.53. The molecule has 0 aromatic heterocycles. The molecule has 0 amide bonds. The Morgan fingerprint density at radius 3 is 2.06 bits per heavy atom. The number of hydrogen-bond acceptors (Lipinski definition) is 2. The topological polar surface area (TPSA) is 29.3 Å². The molecule has 2 N–H and O–H groups in total. The largest absolute Gasteiger partial charge is 0.321 e. The van der Waals surface area contributed by atoms with Crippen LogP contribution in [0.5, 0.6) is 0 Å². The van der Waals surface area contributed by atoms with E-state index in [0.29, 0.717) is 0 Å². The van der Waals surface area contributed by atoms with Crippen molar-refractivity contribution in [1.29, 1.82) is 0 Å². The Hall–Kier alpha value is -0.860. The van der Waals surface area contributed by atoms with E-state index in [1.165, 1.54) is 5.56 Å². The Morgan fingerprint density at radius 2 is 1.59 bits per heavy atom. The fraction of sp³-hybridized carbons (Fsp3) is 0.600. The molecule has 2 heteroatoms. The van der Waals surface area contributed by atoms with Crippen LogP contribution >= 0.6 is 0 Å². The van der Waals surface area contributed by atoms with Crippen molar-refractivity contribution in [2.75, 3.05) is 13.1 Å². The van der Waals surface area contributed by atoms with E-state index in [2.05, 4.69) is 56.0 Å². The van der Waals surface area contributed by atoms with Gasteiger partial charge in [-0.3, -0.25) is 4.90 Å². The number of likely N-dealkylation sites (tertiary alicyclic amines) is 1. The first-order valence-electron chi connectivity index (χ1n) is 6.51. The number of nitrogens with two attached hydrogens (primary N) is 1. The fourth-order valence-corrected chi connectivity index (χ4v) is 2.64. The molecule has 0 radical (unpaired) electrons. The van der Waals surface area contributed by atoms with Gasteiger partial charge in [-0.05, 0) is 39.2 Å². The van der Waals surface area contributed by atoms with Crippen LogP contribution in [0.2, 0.25) is 0 Å². The quantitative estimate of drug-likeness (QED) is 0.806. The van der Waals surface area contributed by atoms with Crippen molar-refractivity contribution in [3.63, 3.8) is 0 Å². The molecule has 0 bridgehead atoms. The summed E-state index contributed by atoms with van der Waals surface area (Å²) in [5.41, 5.74) is 7.98. The Balaban J connectivity index is 2.08. The summed E-state index contributed by atoms with van der Waals surface area (Å²) in [5, 5.41) is 0. The summed E-state index contributed by atoms with van der Waals surface area (Å²) in [6.07, 6.45) is 2.10. The summed E-state index contributed by atoms with van der Waals surface area (Å²) in [7, 11) is 0. The minimum atomic E-state index is -0.122. The predicted molar refractivity (Wildman–Crippen MR) is 72.9 cm³/mol. The molecule has 0 unspecified atom stereocenters. The van der Waals surface area contributed by atoms with E-state index in [1.807, 2.05) is 0 Å². The van der Waals surface area contributed by atoms with Gasteiger partial charge < -0.3 is 5.73 Å². The van der Waals surface area contributed by atoms with Crippen molar-refractivity contribution in [3.8, 4) is 0 Å². The van der Waals surface area contributed by atoms with Crippen LogP contribution in [-0.4, -0.2) is 23.5 Å². The number of piperidine rings is 1. The molecule has 1 aliphatic rings. The third-order valence-corrected chi connectivity index (χ3v) is 3.95. The molecule has 1 saturated heterocycles. The Labute approximate surface area is 105 Å². The Morgan fingerprint density at radius 1 is 1.06 bits per heavy atom. The van der Waals surface area contributed by atoms with Gasteiger partial charge in [-0.15, -0.1) is 0 Å². The van der Waals surface area contributed by atoms with Gasteiger partial charge >= 0.3 is 0 Å². The van der Waals surface area contributed by atoms with Crippen molar-refractivity contribution >= 4 is 0 Å². The van der Waals surface area contributed by atoms with Gasteiger partial charge in [0.1, 0.15) is 0 Å². The SMILES string of the molecule is CC(C)(C)N1CCC(N)(c2ccccc2)CC1. The van der Waals surface area contributed by atoms with Crippen LogP contribution in [0.1, 0.15) is 39.2 Å². The molecule has 1 aromatic carbocycles. The molecule has 0 spiro atoms. The van der Waals surface area contributed by atoms with Gasteiger partial charge in [-0.1, -0.05) is 30.3 Å². The van der Waals surface area contributed by atoms with Crippen LogP contribution in [0.15, 0.2) is 30.3 Å². The minimum Gasteiger partial charge on any atom is -0.321 e. The van der Waals surface area contributed by atoms with Gasteiger partial charge in [0.25, 0.3) is 0 Å². The van der Waals surface area contributed by atoms with Crippen molar-refractivity contribution in [1.82, 2.24) is 4.90 Å². The smallest absolute Gasteiger partial charge is 0.0434 e. The Bertz CT molecular complexity index is 356. The molecule has 0 saturated carbocycles. The standard InChI is InChI=1S/C15H24N2/c1-14(2,3)17-11-9-15(16,10-12-17)13-7-5-4-6-8-13/h4-8H,9-12,16H2,1-3H3. The van der Waals surface area contributed by atoms with Crippen molar-refractivity contribution < 1.29 is 0 Å². The maximum absolute atomic E-state index is 6.56. The lowest BCUT2D eigenvalue weighted by Crippen LogP contribution is -2.53.